The van der Waals surface area contributed by atoms with Gasteiger partial charge in [-0.15, -0.1) is 0 Å². The van der Waals surface area contributed by atoms with E-state index >= 15 is 0 Å². The van der Waals surface area contributed by atoms with Gasteiger partial charge in [0.15, 0.2) is 0 Å². The Hall–Kier alpha value is -3.46. The predicted molar refractivity (Wildman–Crippen MR) is 108 cm³/mol. The molecular formula is C19H18ClN5O4. The van der Waals surface area contributed by atoms with Crippen LogP contribution in [-0.2, 0) is 6.54 Å². The molecule has 150 valence electrons. The summed E-state index contributed by atoms with van der Waals surface area (Å²) < 4.78 is 1.37. The molecule has 0 saturated heterocycles. The number of aryl methyl sites for hydroxylation is 1. The largest absolute Gasteiger partial charge is 0.329 e. The highest BCUT2D eigenvalue weighted by molar-refractivity contribution is 6.30. The first-order valence-electron chi connectivity index (χ1n) is 8.90. The molecule has 0 atom stereocenters. The zero-order valence-corrected chi connectivity index (χ0v) is 16.2. The molecule has 29 heavy (non-hydrogen) atoms. The molecule has 0 fully saturated rings. The summed E-state index contributed by atoms with van der Waals surface area (Å²) in [5.74, 6) is -1.19. The fourth-order valence-corrected chi connectivity index (χ4v) is 2.80. The van der Waals surface area contributed by atoms with E-state index in [0.717, 1.165) is 12.8 Å². The molecule has 0 bridgehead atoms. The Morgan fingerprint density at radius 2 is 1.76 bits per heavy atom. The molecule has 10 heteroatoms. The maximum atomic E-state index is 12.3. The molecule has 0 aliphatic carbocycles. The smallest absolute Gasteiger partial charge is 0.278 e. The molecule has 0 unspecified atom stereocenters. The fourth-order valence-electron chi connectivity index (χ4n) is 2.67. The number of nitrogens with one attached hydrogen (secondary N) is 3. The highest BCUT2D eigenvalue weighted by atomic mass is 35.5. The summed E-state index contributed by atoms with van der Waals surface area (Å²) in [7, 11) is 0. The van der Waals surface area contributed by atoms with Gasteiger partial charge in [0.25, 0.3) is 17.4 Å². The zero-order valence-electron chi connectivity index (χ0n) is 15.5. The van der Waals surface area contributed by atoms with Gasteiger partial charge in [0.05, 0.1) is 10.9 Å². The molecule has 0 aliphatic heterocycles. The maximum absolute atomic E-state index is 12.3. The van der Waals surface area contributed by atoms with E-state index < -0.39 is 23.1 Å². The number of unbranched alkanes of at least 4 members (excludes halogenated alkanes) is 1. The Kier molecular flexibility index (Phi) is 6.08. The van der Waals surface area contributed by atoms with E-state index in [2.05, 4.69) is 20.8 Å². The number of hydrazine groups is 1. The van der Waals surface area contributed by atoms with Crippen LogP contribution >= 0.6 is 11.6 Å². The van der Waals surface area contributed by atoms with Gasteiger partial charge in [0.1, 0.15) is 5.65 Å². The van der Waals surface area contributed by atoms with Gasteiger partial charge < -0.3 is 0 Å². The summed E-state index contributed by atoms with van der Waals surface area (Å²) in [6.45, 7) is 2.38. The number of nitrogens with zero attached hydrogens (tertiary/aromatic N) is 2. The number of benzene rings is 1. The van der Waals surface area contributed by atoms with Crippen molar-refractivity contribution < 1.29 is 9.59 Å². The monoisotopic (exact) mass is 415 g/mol. The van der Waals surface area contributed by atoms with Gasteiger partial charge in [-0.25, -0.2) is 9.78 Å². The van der Waals surface area contributed by atoms with Crippen LogP contribution in [0.25, 0.3) is 11.0 Å². The number of halogens is 1. The number of rotatable bonds is 5. The second kappa shape index (κ2) is 8.70. The fraction of sp³-hybridized carbons (Fsp3) is 0.211. The van der Waals surface area contributed by atoms with Crippen molar-refractivity contribution in [2.45, 2.75) is 26.3 Å². The van der Waals surface area contributed by atoms with Gasteiger partial charge in [-0.1, -0.05) is 24.9 Å². The summed E-state index contributed by atoms with van der Waals surface area (Å²) in [6, 6.07) is 7.45. The molecule has 0 radical (unpaired) electrons. The number of aromatic nitrogens is 3. The lowest BCUT2D eigenvalue weighted by molar-refractivity contribution is 0.0846. The van der Waals surface area contributed by atoms with Gasteiger partial charge in [-0.3, -0.25) is 34.8 Å². The Bertz CT molecular complexity index is 1180. The highest BCUT2D eigenvalue weighted by Gasteiger charge is 2.14. The summed E-state index contributed by atoms with van der Waals surface area (Å²) in [6.07, 6.45) is 2.84. The van der Waals surface area contributed by atoms with Crippen molar-refractivity contribution in [3.8, 4) is 0 Å². The van der Waals surface area contributed by atoms with E-state index in [1.54, 1.807) is 12.1 Å². The summed E-state index contributed by atoms with van der Waals surface area (Å²) >= 11 is 5.78. The van der Waals surface area contributed by atoms with Crippen molar-refractivity contribution in [1.82, 2.24) is 25.4 Å². The first-order chi connectivity index (χ1) is 13.9. The van der Waals surface area contributed by atoms with Gasteiger partial charge in [0, 0.05) is 23.3 Å². The van der Waals surface area contributed by atoms with Gasteiger partial charge >= 0.3 is 5.69 Å². The molecular weight excluding hydrogens is 398 g/mol. The van der Waals surface area contributed by atoms with Crippen LogP contribution in [-0.4, -0.2) is 26.3 Å². The number of hydrogen-bond acceptors (Lipinski definition) is 5. The van der Waals surface area contributed by atoms with E-state index in [0.29, 0.717) is 17.1 Å². The molecule has 1 aromatic carbocycles. The van der Waals surface area contributed by atoms with Crippen molar-refractivity contribution in [3.05, 3.63) is 73.5 Å². The van der Waals surface area contributed by atoms with E-state index in [4.69, 9.17) is 11.6 Å². The minimum absolute atomic E-state index is 0.0556. The van der Waals surface area contributed by atoms with E-state index in [9.17, 15) is 19.2 Å². The third-order valence-corrected chi connectivity index (χ3v) is 4.48. The first-order valence-corrected chi connectivity index (χ1v) is 9.27. The molecule has 2 amide bonds. The molecule has 3 rings (SSSR count). The molecule has 0 aliphatic rings. The number of carbonyl (C=O) groups excluding carboxylic acids is 2. The SMILES string of the molecule is CCCCn1c(=O)[nH]c(=O)c2cc(C(=O)NNC(=O)c3ccc(Cl)cc3)cnc21. The van der Waals surface area contributed by atoms with E-state index in [-0.39, 0.29) is 16.6 Å². The van der Waals surface area contributed by atoms with Crippen LogP contribution in [0.1, 0.15) is 40.5 Å². The van der Waals surface area contributed by atoms with Crippen LogP contribution in [0.4, 0.5) is 0 Å². The van der Waals surface area contributed by atoms with Crippen LogP contribution in [0.15, 0.2) is 46.1 Å². The van der Waals surface area contributed by atoms with Crippen molar-refractivity contribution >= 4 is 34.4 Å². The van der Waals surface area contributed by atoms with Crippen molar-refractivity contribution in [3.63, 3.8) is 0 Å². The molecule has 0 spiro atoms. The molecule has 0 saturated carbocycles. The second-order valence-corrected chi connectivity index (χ2v) is 6.71. The zero-order chi connectivity index (χ0) is 21.0. The molecule has 3 N–H and O–H groups in total. The number of aromatic amines is 1. The Labute approximate surface area is 169 Å². The third kappa shape index (κ3) is 4.52. The average molecular weight is 416 g/mol. The van der Waals surface area contributed by atoms with Crippen LogP contribution < -0.4 is 22.1 Å². The van der Waals surface area contributed by atoms with E-state index in [1.807, 2.05) is 6.92 Å². The molecule has 3 aromatic rings. The van der Waals surface area contributed by atoms with Crippen molar-refractivity contribution in [1.29, 1.82) is 0 Å². The quantitative estimate of drug-likeness (QED) is 0.546. The van der Waals surface area contributed by atoms with Gasteiger partial charge in [0.2, 0.25) is 0 Å². The lowest BCUT2D eigenvalue weighted by atomic mass is 10.2. The summed E-state index contributed by atoms with van der Waals surface area (Å²) in [5, 5.41) is 0.591. The number of H-pyrrole nitrogens is 1. The van der Waals surface area contributed by atoms with Crippen LogP contribution in [0.2, 0.25) is 5.02 Å². The molecule has 9 nitrogen and oxygen atoms in total. The molecule has 2 heterocycles. The van der Waals surface area contributed by atoms with Crippen LogP contribution in [0.5, 0.6) is 0 Å². The predicted octanol–water partition coefficient (Wildman–Crippen LogP) is 1.61. The Morgan fingerprint density at radius 1 is 1.10 bits per heavy atom. The summed E-state index contributed by atoms with van der Waals surface area (Å²) in [5.41, 5.74) is 3.93. The number of carbonyl (C=O) groups is 2. The second-order valence-electron chi connectivity index (χ2n) is 6.27. The Balaban J connectivity index is 1.81. The average Bonchev–Trinajstić information content (AvgIpc) is 2.72. The maximum Gasteiger partial charge on any atom is 0.329 e. The lowest BCUT2D eigenvalue weighted by Gasteiger charge is -2.10. The van der Waals surface area contributed by atoms with E-state index in [1.165, 1.54) is 29.0 Å². The van der Waals surface area contributed by atoms with Gasteiger partial charge in [-0.2, -0.15) is 0 Å². The topological polar surface area (TPSA) is 126 Å². The van der Waals surface area contributed by atoms with Crippen LogP contribution in [0.3, 0.4) is 0 Å². The minimum Gasteiger partial charge on any atom is -0.278 e. The number of pyridine rings is 1. The number of amides is 2. The lowest BCUT2D eigenvalue weighted by Crippen LogP contribution is -2.41. The number of hydrogen-bond donors (Lipinski definition) is 3. The van der Waals surface area contributed by atoms with Crippen LogP contribution in [0, 0.1) is 0 Å². The van der Waals surface area contributed by atoms with Gasteiger partial charge in [-0.05, 0) is 36.8 Å². The normalized spacial score (nSPS) is 10.7. The third-order valence-electron chi connectivity index (χ3n) is 4.23. The number of fused-ring (bicyclic) bond motifs is 1. The minimum atomic E-state index is -0.660. The van der Waals surface area contributed by atoms with Crippen molar-refractivity contribution in [2.75, 3.05) is 0 Å². The van der Waals surface area contributed by atoms with Crippen molar-refractivity contribution in [2.24, 2.45) is 0 Å². The first kappa shape index (κ1) is 20.3. The Morgan fingerprint density at radius 3 is 2.41 bits per heavy atom. The standard InChI is InChI=1S/C19H18ClN5O4/c1-2-3-8-25-15-14(18(28)22-19(25)29)9-12(10-21-15)17(27)24-23-16(26)11-4-6-13(20)7-5-11/h4-7,9-10H,2-3,8H2,1H3,(H,23,26)(H,24,27)(H,22,28,29). The highest BCUT2D eigenvalue weighted by Crippen LogP contribution is 2.10. The summed E-state index contributed by atoms with van der Waals surface area (Å²) in [4.78, 5) is 55.0. The molecule has 2 aromatic heterocycles.